The van der Waals surface area contributed by atoms with Crippen LogP contribution in [0.2, 0.25) is 0 Å². The molecule has 3 amide bonds. The highest BCUT2D eigenvalue weighted by molar-refractivity contribution is 6.21. The number of hydrogen-bond acceptors (Lipinski definition) is 8. The molecule has 0 radical (unpaired) electrons. The van der Waals surface area contributed by atoms with Crippen LogP contribution in [0.15, 0.2) is 47.1 Å². The third-order valence-corrected chi connectivity index (χ3v) is 6.33. The predicted octanol–water partition coefficient (Wildman–Crippen LogP) is 2.59. The van der Waals surface area contributed by atoms with Crippen LogP contribution in [0.3, 0.4) is 0 Å². The Morgan fingerprint density at radius 3 is 2.26 bits per heavy atom. The lowest BCUT2D eigenvalue weighted by molar-refractivity contribution is -0.131. The summed E-state index contributed by atoms with van der Waals surface area (Å²) in [5, 5.41) is 4.02. The van der Waals surface area contributed by atoms with Gasteiger partial charge < -0.3 is 14.3 Å². The average molecular weight is 475 g/mol. The van der Waals surface area contributed by atoms with E-state index in [1.165, 1.54) is 0 Å². The van der Waals surface area contributed by atoms with Gasteiger partial charge >= 0.3 is 0 Å². The number of fused-ring (bicyclic) bond motifs is 1. The molecule has 2 aromatic heterocycles. The smallest absolute Gasteiger partial charge is 0.261 e. The molecule has 1 saturated heterocycles. The Morgan fingerprint density at radius 1 is 1.00 bits per heavy atom. The van der Waals surface area contributed by atoms with Crippen molar-refractivity contribution in [3.63, 3.8) is 0 Å². The number of aromatic nitrogens is 3. The molecule has 10 heteroatoms. The Balaban J connectivity index is 1.13. The lowest BCUT2D eigenvalue weighted by Crippen LogP contribution is -2.49. The van der Waals surface area contributed by atoms with Crippen molar-refractivity contribution < 1.29 is 18.9 Å². The zero-order chi connectivity index (χ0) is 24.5. The summed E-state index contributed by atoms with van der Waals surface area (Å²) in [5.74, 6) is 1.35. The minimum absolute atomic E-state index is 0.0671. The van der Waals surface area contributed by atoms with Gasteiger partial charge in [-0.1, -0.05) is 31.1 Å². The summed E-state index contributed by atoms with van der Waals surface area (Å²) in [4.78, 5) is 51.7. The first-order valence-corrected chi connectivity index (χ1v) is 11.7. The van der Waals surface area contributed by atoms with E-state index >= 15 is 0 Å². The Hall–Kier alpha value is -4.08. The molecule has 0 saturated carbocycles. The summed E-state index contributed by atoms with van der Waals surface area (Å²) in [6, 6.07) is 10.6. The van der Waals surface area contributed by atoms with E-state index in [1.54, 1.807) is 35.4 Å². The zero-order valence-corrected chi connectivity index (χ0v) is 19.7. The van der Waals surface area contributed by atoms with Crippen LogP contribution in [0.25, 0.3) is 11.4 Å². The van der Waals surface area contributed by atoms with Crippen LogP contribution >= 0.6 is 0 Å². The second kappa shape index (κ2) is 9.28. The largest absolute Gasteiger partial charge is 0.353 e. The number of pyridine rings is 1. The Morgan fingerprint density at radius 2 is 1.69 bits per heavy atom. The van der Waals surface area contributed by atoms with E-state index in [4.69, 9.17) is 4.52 Å². The summed E-state index contributed by atoms with van der Waals surface area (Å²) in [5.41, 5.74) is 1.58. The number of carbonyl (C=O) groups is 3. The monoisotopic (exact) mass is 474 g/mol. The second-order valence-electron chi connectivity index (χ2n) is 8.94. The molecule has 1 fully saturated rings. The van der Waals surface area contributed by atoms with E-state index in [-0.39, 0.29) is 36.6 Å². The maximum absolute atomic E-state index is 12.8. The molecule has 35 heavy (non-hydrogen) atoms. The molecule has 4 heterocycles. The summed E-state index contributed by atoms with van der Waals surface area (Å²) >= 11 is 0. The van der Waals surface area contributed by atoms with Crippen LogP contribution in [0.4, 0.5) is 5.82 Å². The molecule has 3 aromatic rings. The van der Waals surface area contributed by atoms with Crippen LogP contribution in [-0.4, -0.2) is 75.4 Å². The van der Waals surface area contributed by atoms with E-state index in [2.05, 4.69) is 20.0 Å². The highest BCUT2D eigenvalue weighted by Gasteiger charge is 2.35. The van der Waals surface area contributed by atoms with Crippen molar-refractivity contribution in [2.75, 3.05) is 37.6 Å². The summed E-state index contributed by atoms with van der Waals surface area (Å²) < 4.78 is 5.26. The van der Waals surface area contributed by atoms with Gasteiger partial charge in [0.2, 0.25) is 17.6 Å². The van der Waals surface area contributed by atoms with Crippen molar-refractivity contribution in [2.24, 2.45) is 0 Å². The number of rotatable bonds is 6. The van der Waals surface area contributed by atoms with E-state index in [0.717, 1.165) is 16.3 Å². The third-order valence-electron chi connectivity index (χ3n) is 6.33. The van der Waals surface area contributed by atoms with Gasteiger partial charge in [0.1, 0.15) is 5.82 Å². The maximum Gasteiger partial charge on any atom is 0.261 e. The lowest BCUT2D eigenvalue weighted by Gasteiger charge is -2.35. The van der Waals surface area contributed by atoms with Crippen molar-refractivity contribution in [1.82, 2.24) is 24.9 Å². The fourth-order valence-corrected chi connectivity index (χ4v) is 4.29. The average Bonchev–Trinajstić information content (AvgIpc) is 3.47. The van der Waals surface area contributed by atoms with Crippen LogP contribution in [0.5, 0.6) is 0 Å². The zero-order valence-electron chi connectivity index (χ0n) is 19.7. The molecule has 180 valence electrons. The summed E-state index contributed by atoms with van der Waals surface area (Å²) in [6.45, 7) is 6.46. The van der Waals surface area contributed by atoms with Crippen LogP contribution in [0, 0.1) is 0 Å². The number of amides is 3. The Labute approximate surface area is 202 Å². The van der Waals surface area contributed by atoms with E-state index in [0.29, 0.717) is 49.0 Å². The molecule has 0 unspecified atom stereocenters. The molecule has 0 aliphatic carbocycles. The van der Waals surface area contributed by atoms with Gasteiger partial charge in [0, 0.05) is 56.8 Å². The topological polar surface area (TPSA) is 113 Å². The normalized spacial score (nSPS) is 15.8. The van der Waals surface area contributed by atoms with E-state index < -0.39 is 0 Å². The van der Waals surface area contributed by atoms with Crippen molar-refractivity contribution >= 4 is 23.5 Å². The fourth-order valence-electron chi connectivity index (χ4n) is 4.29. The third kappa shape index (κ3) is 4.39. The van der Waals surface area contributed by atoms with Gasteiger partial charge in [0.25, 0.3) is 11.8 Å². The van der Waals surface area contributed by atoms with Gasteiger partial charge in [-0.05, 0) is 24.3 Å². The summed E-state index contributed by atoms with van der Waals surface area (Å²) in [6.07, 6.45) is 1.84. The number of piperazine rings is 1. The molecule has 2 aliphatic rings. The number of carbonyl (C=O) groups excluding carboxylic acids is 3. The Bertz CT molecular complexity index is 1230. The number of hydrogen-bond donors (Lipinski definition) is 0. The summed E-state index contributed by atoms with van der Waals surface area (Å²) in [7, 11) is 0. The molecule has 2 aliphatic heterocycles. The van der Waals surface area contributed by atoms with Gasteiger partial charge in [0.15, 0.2) is 0 Å². The first-order valence-electron chi connectivity index (χ1n) is 11.7. The highest BCUT2D eigenvalue weighted by atomic mass is 16.5. The van der Waals surface area contributed by atoms with Gasteiger partial charge in [-0.3, -0.25) is 19.3 Å². The molecular formula is C25H26N6O4. The maximum atomic E-state index is 12.8. The molecule has 0 atom stereocenters. The molecule has 10 nitrogen and oxygen atoms in total. The standard InChI is InChI=1S/C25H26N6O4/c1-16(2)23-27-22(28-35-23)17-7-8-20(26-15-17)29-11-13-30(14-12-29)21(32)9-10-31-24(33)18-5-3-4-6-19(18)25(31)34/h3-8,15-16H,9-14H2,1-2H3. The lowest BCUT2D eigenvalue weighted by atomic mass is 10.1. The number of imide groups is 1. The second-order valence-corrected chi connectivity index (χ2v) is 8.94. The van der Waals surface area contributed by atoms with Gasteiger partial charge in [-0.15, -0.1) is 0 Å². The molecule has 5 rings (SSSR count). The molecule has 0 spiro atoms. The predicted molar refractivity (Wildman–Crippen MR) is 127 cm³/mol. The quantitative estimate of drug-likeness (QED) is 0.501. The van der Waals surface area contributed by atoms with Gasteiger partial charge in [-0.25, -0.2) is 4.98 Å². The SMILES string of the molecule is CC(C)c1nc(-c2ccc(N3CCN(C(=O)CCN4C(=O)c5ccccc5C4=O)CC3)nc2)no1. The van der Waals surface area contributed by atoms with E-state index in [1.807, 2.05) is 26.0 Å². The van der Waals surface area contributed by atoms with Gasteiger partial charge in [0.05, 0.1) is 11.1 Å². The van der Waals surface area contributed by atoms with E-state index in [9.17, 15) is 14.4 Å². The first-order chi connectivity index (χ1) is 16.9. The van der Waals surface area contributed by atoms with Gasteiger partial charge in [-0.2, -0.15) is 4.98 Å². The minimum Gasteiger partial charge on any atom is -0.353 e. The molecule has 0 bridgehead atoms. The highest BCUT2D eigenvalue weighted by Crippen LogP contribution is 2.24. The van der Waals surface area contributed by atoms with Crippen molar-refractivity contribution in [3.8, 4) is 11.4 Å². The first kappa shape index (κ1) is 22.7. The number of anilines is 1. The van der Waals surface area contributed by atoms with Crippen LogP contribution < -0.4 is 4.90 Å². The molecule has 0 N–H and O–H groups in total. The van der Waals surface area contributed by atoms with Crippen molar-refractivity contribution in [2.45, 2.75) is 26.2 Å². The number of nitrogens with zero attached hydrogens (tertiary/aromatic N) is 6. The fraction of sp³-hybridized carbons (Fsp3) is 0.360. The minimum atomic E-state index is -0.334. The number of benzene rings is 1. The van der Waals surface area contributed by atoms with Crippen LogP contribution in [-0.2, 0) is 4.79 Å². The molecule has 1 aromatic carbocycles. The van der Waals surface area contributed by atoms with Crippen molar-refractivity contribution in [1.29, 1.82) is 0 Å². The van der Waals surface area contributed by atoms with Crippen LogP contribution in [0.1, 0.15) is 52.8 Å². The molecular weight excluding hydrogens is 448 g/mol. The Kier molecular flexibility index (Phi) is 6.02. The van der Waals surface area contributed by atoms with Crippen molar-refractivity contribution in [3.05, 3.63) is 59.6 Å².